The summed E-state index contributed by atoms with van der Waals surface area (Å²) in [6.45, 7) is 18.3. The maximum absolute atomic E-state index is 11.9. The van der Waals surface area contributed by atoms with Crippen LogP contribution in [0.4, 0.5) is 0 Å². The molecule has 0 spiro atoms. The number of ether oxygens (including phenoxy) is 9. The van der Waals surface area contributed by atoms with Gasteiger partial charge in [-0.1, -0.05) is 59.3 Å². The molecule has 396 valence electrons. The third-order valence-electron chi connectivity index (χ3n) is 14.8. The third-order valence-corrected chi connectivity index (χ3v) is 19.3. The first-order valence-electron chi connectivity index (χ1n) is 26.3. The van der Waals surface area contributed by atoms with E-state index in [-0.39, 0.29) is 96.2 Å². The van der Waals surface area contributed by atoms with Crippen molar-refractivity contribution in [3.05, 3.63) is 0 Å². The van der Waals surface area contributed by atoms with Crippen molar-refractivity contribution in [3.8, 4) is 0 Å². The van der Waals surface area contributed by atoms with Crippen LogP contribution in [0.5, 0.6) is 0 Å². The van der Waals surface area contributed by atoms with Gasteiger partial charge in [0.25, 0.3) is 0 Å². The molecule has 0 aromatic carbocycles. The van der Waals surface area contributed by atoms with E-state index in [4.69, 9.17) is 42.3 Å². The normalized spacial score (nSPS) is 28.4. The summed E-state index contributed by atoms with van der Waals surface area (Å²) in [5.74, 6) is -0.463. The molecule has 1 N–H and O–H groups in total. The average Bonchev–Trinajstić information content (AvgIpc) is 4.06. The van der Waals surface area contributed by atoms with E-state index in [2.05, 4.69) is 38.6 Å². The van der Waals surface area contributed by atoms with Gasteiger partial charge in [-0.25, -0.2) is 0 Å². The lowest BCUT2D eigenvalue weighted by molar-refractivity contribution is -0.198. The zero-order chi connectivity index (χ0) is 50.0. The molecule has 0 amide bonds. The third kappa shape index (κ3) is 22.5. The molecular formula is C52H94O15Si. The van der Waals surface area contributed by atoms with E-state index in [0.717, 1.165) is 123 Å². The van der Waals surface area contributed by atoms with E-state index in [1.165, 1.54) is 40.9 Å². The van der Waals surface area contributed by atoms with Crippen molar-refractivity contribution in [1.82, 2.24) is 0 Å². The Labute approximate surface area is 410 Å². The molecule has 16 heteroatoms. The van der Waals surface area contributed by atoms with E-state index >= 15 is 0 Å². The van der Waals surface area contributed by atoms with Crippen molar-refractivity contribution in [2.75, 3.05) is 53.9 Å². The molecule has 2 aliphatic carbocycles. The topological polar surface area (TPSA) is 181 Å². The molecule has 3 aliphatic heterocycles. The molecule has 3 saturated heterocycles. The molecule has 5 fully saturated rings. The second kappa shape index (κ2) is 32.7. The standard InChI is InChI=1S/C27H50O7Si.C21H36O7.C4H8O/c1-20(28)33-23-18-24(34-26-16-12-13-17-31-26)22(19-32-35(6,7)27(2,3)4)21(23)14-10-8-9-11-15-25(29)30-5;1-15(23)27-18-13-19(28-21-11-7-8-12-26-21)17(14-22)16(18)9-5-3-4-6-10-20(24)25-2;1-2-4-5-3-1/h21-24,26H,8-19H2,1-7H3;16-19,21-22H,3-14H2,1-2H3;1-4H2/t21?,22-,23+,24-,26?;16?,17-,18+,19-,21?;/m11./s1. The van der Waals surface area contributed by atoms with Crippen molar-refractivity contribution in [3.63, 3.8) is 0 Å². The van der Waals surface area contributed by atoms with Crippen molar-refractivity contribution < 1.29 is 71.3 Å². The number of carbonyl (C=O) groups excluding carboxylic acids is 4. The Hall–Kier alpha value is -2.18. The van der Waals surface area contributed by atoms with E-state index in [1.54, 1.807) is 0 Å². The molecule has 0 aromatic rings. The summed E-state index contributed by atoms with van der Waals surface area (Å²) >= 11 is 0. The van der Waals surface area contributed by atoms with Crippen molar-refractivity contribution in [1.29, 1.82) is 0 Å². The van der Waals surface area contributed by atoms with Crippen LogP contribution in [-0.2, 0) is 66.2 Å². The average molecular weight is 987 g/mol. The number of aliphatic hydroxyl groups is 1. The van der Waals surface area contributed by atoms with Gasteiger partial charge >= 0.3 is 23.9 Å². The summed E-state index contributed by atoms with van der Waals surface area (Å²) in [5, 5.41) is 10.1. The molecule has 0 aromatic heterocycles. The highest BCUT2D eigenvalue weighted by Gasteiger charge is 2.49. The zero-order valence-electron chi connectivity index (χ0n) is 43.7. The van der Waals surface area contributed by atoms with E-state index < -0.39 is 8.32 Å². The van der Waals surface area contributed by atoms with Gasteiger partial charge in [-0.2, -0.15) is 0 Å². The fourth-order valence-electron chi connectivity index (χ4n) is 9.82. The Morgan fingerprint density at radius 2 is 1.00 bits per heavy atom. The van der Waals surface area contributed by atoms with E-state index in [9.17, 15) is 24.3 Å². The molecule has 68 heavy (non-hydrogen) atoms. The summed E-state index contributed by atoms with van der Waals surface area (Å²) in [6.07, 6.45) is 19.4. The van der Waals surface area contributed by atoms with Crippen LogP contribution in [0.3, 0.4) is 0 Å². The highest BCUT2D eigenvalue weighted by Crippen LogP contribution is 2.44. The monoisotopic (exact) mass is 987 g/mol. The van der Waals surface area contributed by atoms with Gasteiger partial charge in [-0.3, -0.25) is 19.2 Å². The molecular weight excluding hydrogens is 893 g/mol. The summed E-state index contributed by atoms with van der Waals surface area (Å²) in [7, 11) is 0.898. The van der Waals surface area contributed by atoms with Gasteiger partial charge in [0.15, 0.2) is 20.9 Å². The first-order valence-corrected chi connectivity index (χ1v) is 29.2. The Morgan fingerprint density at radius 1 is 0.574 bits per heavy atom. The number of rotatable bonds is 24. The van der Waals surface area contributed by atoms with Gasteiger partial charge in [0.05, 0.1) is 26.4 Å². The summed E-state index contributed by atoms with van der Waals surface area (Å²) in [4.78, 5) is 46.0. The number of carbonyl (C=O) groups is 4. The first-order chi connectivity index (χ1) is 32.5. The Balaban J connectivity index is 0.000000332. The predicted octanol–water partition coefficient (Wildman–Crippen LogP) is 9.77. The van der Waals surface area contributed by atoms with Crippen molar-refractivity contribution >= 4 is 32.2 Å². The Bertz CT molecular complexity index is 1400. The molecule has 5 rings (SSSR count). The van der Waals surface area contributed by atoms with Crippen molar-refractivity contribution in [2.24, 2.45) is 23.7 Å². The molecule has 3 heterocycles. The minimum absolute atomic E-state index is 0.0160. The minimum Gasteiger partial charge on any atom is -0.469 e. The second-order valence-electron chi connectivity index (χ2n) is 21.0. The van der Waals surface area contributed by atoms with Gasteiger partial charge in [0.2, 0.25) is 0 Å². The smallest absolute Gasteiger partial charge is 0.305 e. The molecule has 2 saturated carbocycles. The Morgan fingerprint density at radius 3 is 1.37 bits per heavy atom. The quantitative estimate of drug-likeness (QED) is 0.0417. The second-order valence-corrected chi connectivity index (χ2v) is 25.8. The largest absolute Gasteiger partial charge is 0.469 e. The highest BCUT2D eigenvalue weighted by atomic mass is 28.4. The first kappa shape index (κ1) is 60.1. The van der Waals surface area contributed by atoms with Crippen molar-refractivity contribution in [2.45, 2.75) is 231 Å². The van der Waals surface area contributed by atoms with E-state index in [0.29, 0.717) is 38.9 Å². The summed E-state index contributed by atoms with van der Waals surface area (Å²) < 4.78 is 56.7. The molecule has 4 unspecified atom stereocenters. The van der Waals surface area contributed by atoms with Crippen LogP contribution in [0.25, 0.3) is 0 Å². The lowest BCUT2D eigenvalue weighted by atomic mass is 9.89. The van der Waals surface area contributed by atoms with Gasteiger partial charge in [-0.05, 0) is 95.2 Å². The van der Waals surface area contributed by atoms with Gasteiger partial charge in [0, 0.05) is 103 Å². The van der Waals surface area contributed by atoms with Crippen LogP contribution in [0.1, 0.15) is 176 Å². The van der Waals surface area contributed by atoms with Crippen LogP contribution < -0.4 is 0 Å². The summed E-state index contributed by atoms with van der Waals surface area (Å²) in [6, 6.07) is 0. The molecule has 10 atom stereocenters. The lowest BCUT2D eigenvalue weighted by Crippen LogP contribution is -2.44. The summed E-state index contributed by atoms with van der Waals surface area (Å²) in [5.41, 5.74) is 0. The number of unbranched alkanes of at least 4 members (excludes halogenated alkanes) is 6. The zero-order valence-corrected chi connectivity index (χ0v) is 44.7. The Kier molecular flexibility index (Phi) is 28.9. The molecule has 0 bridgehead atoms. The lowest BCUT2D eigenvalue weighted by Gasteiger charge is -2.39. The number of methoxy groups -OCH3 is 2. The fraction of sp³-hybridized carbons (Fsp3) is 0.923. The SMILES string of the molecule is C1CCOC1.COC(=O)CCCCCCC1[C@@H](OC(C)=O)C[C@@H](OC2CCCCO2)[C@@H]1CO.COC(=O)CCCCCCC1[C@@H](OC(C)=O)C[C@@H](OC2CCCCO2)[C@@H]1CO[Si](C)(C)C(C)(C)C. The maximum atomic E-state index is 11.9. The van der Waals surface area contributed by atoms with Crippen LogP contribution in [0, 0.1) is 23.7 Å². The number of hydrogen-bond donors (Lipinski definition) is 1. The number of esters is 4. The minimum atomic E-state index is -1.94. The van der Waals surface area contributed by atoms with Crippen LogP contribution in [-0.4, -0.2) is 128 Å². The number of hydrogen-bond acceptors (Lipinski definition) is 15. The van der Waals surface area contributed by atoms with Crippen LogP contribution >= 0.6 is 0 Å². The molecule has 5 aliphatic rings. The molecule has 15 nitrogen and oxygen atoms in total. The maximum Gasteiger partial charge on any atom is 0.305 e. The fourth-order valence-corrected chi connectivity index (χ4v) is 10.9. The van der Waals surface area contributed by atoms with Crippen LogP contribution in [0.2, 0.25) is 18.1 Å². The van der Waals surface area contributed by atoms with E-state index in [1.807, 2.05) is 0 Å². The van der Waals surface area contributed by atoms with Gasteiger partial charge < -0.3 is 52.2 Å². The predicted molar refractivity (Wildman–Crippen MR) is 261 cm³/mol. The number of aliphatic hydroxyl groups excluding tert-OH is 1. The van der Waals surface area contributed by atoms with Gasteiger partial charge in [0.1, 0.15) is 12.2 Å². The highest BCUT2D eigenvalue weighted by molar-refractivity contribution is 6.74. The van der Waals surface area contributed by atoms with Crippen LogP contribution in [0.15, 0.2) is 0 Å². The van der Waals surface area contributed by atoms with Gasteiger partial charge in [-0.15, -0.1) is 0 Å². The molecule has 0 radical (unpaired) electrons.